The summed E-state index contributed by atoms with van der Waals surface area (Å²) in [6, 6.07) is 64.2. The molecule has 1 fully saturated rings. The van der Waals surface area contributed by atoms with Crippen LogP contribution in [-0.4, -0.2) is 72.6 Å². The van der Waals surface area contributed by atoms with Crippen LogP contribution in [0.3, 0.4) is 0 Å². The average molecular weight is 1600 g/mol. The molecule has 11 aromatic rings. The Kier molecular flexibility index (Phi) is 33.9. The molecule has 25 nitrogen and oxygen atoms in total. The molecule has 4 unspecified atom stereocenters. The van der Waals surface area contributed by atoms with Crippen LogP contribution in [0.5, 0.6) is 0 Å². The fourth-order valence-corrected chi connectivity index (χ4v) is 15.2. The summed E-state index contributed by atoms with van der Waals surface area (Å²) in [7, 11) is 0. The quantitative estimate of drug-likeness (QED) is 0.0330. The smallest absolute Gasteiger partial charge is 0.412 e. The Hall–Kier alpha value is -14.0. The van der Waals surface area contributed by atoms with Crippen molar-refractivity contribution in [2.75, 3.05) is 45.5 Å². The van der Waals surface area contributed by atoms with Gasteiger partial charge in [0.05, 0.1) is 22.8 Å². The van der Waals surface area contributed by atoms with Crippen molar-refractivity contribution in [1.82, 2.24) is 35.9 Å². The minimum atomic E-state index is -0.428. The predicted octanol–water partition coefficient (Wildman–Crippen LogP) is 18.6. The first-order valence-corrected chi connectivity index (χ1v) is 40.1. The van der Waals surface area contributed by atoms with Gasteiger partial charge in [-0.2, -0.15) is 19.8 Å². The first kappa shape index (κ1) is 89.0. The second kappa shape index (κ2) is 45.4. The number of nitrogens with one attached hydrogen (secondary N) is 2. The van der Waals surface area contributed by atoms with Gasteiger partial charge < -0.3 is 54.9 Å². The molecule has 614 valence electrons. The second-order valence-electron chi connectivity index (χ2n) is 29.8. The molecule has 4 atom stereocenters. The molecule has 15 rings (SSSR count). The summed E-state index contributed by atoms with van der Waals surface area (Å²) >= 11 is 0. The molecular weight excluding hydrogens is 1490 g/mol. The summed E-state index contributed by atoms with van der Waals surface area (Å²) in [6.07, 6.45) is 20.2. The normalized spacial score (nSPS) is 16.0. The molecule has 2 amide bonds. The van der Waals surface area contributed by atoms with E-state index >= 15 is 0 Å². The molecule has 0 saturated heterocycles. The third-order valence-corrected chi connectivity index (χ3v) is 20.7. The highest BCUT2D eigenvalue weighted by Gasteiger charge is 2.43. The van der Waals surface area contributed by atoms with Gasteiger partial charge in [-0.3, -0.25) is 5.32 Å². The van der Waals surface area contributed by atoms with Gasteiger partial charge in [0.1, 0.15) is 12.2 Å². The van der Waals surface area contributed by atoms with Crippen LogP contribution in [0.15, 0.2) is 223 Å². The standard InChI is InChI=1S/C32H37N5O2.C22H24N4.C17H23NO2.C14H12N6.C8H11N.CO2.N2/c1-20-16-17-22(21(2)18-20)19-35-32(38)39-28-15-5-3-4-12-25-29(28)31(24-11-7-9-14-27(24)34)37-36-30(25)23-10-6-8-13-26(23)33;23-19-13-7-5-11-17(19)21-15-9-3-1-2-4-10-16(15)22(26-25-21)18-12-6-8-14-20(18)24;1-13-10-14(2)12-15(11-13)18-17(19)20-16-8-6-4-3-5-7-9-16;15-11-7-3-1-5-9(11)13-17-19-14(20-18-13)10-6-2-4-8-12(10)16;1-6-3-7(2)5-8(9)4-6;2-1-3;1-2/h6-11,13-14,16-18,25,28-29H,3-5,12,15,19,33-34H2,1-2H3,(H,35,38);5-8,11-14H,1-4,9-10,23-24H2;6,8,10-12,16H,3-5,7,9H2,1-2H3,(H,18,19);1-8H,15-16H2;3-5H,9H2,1-2H3;;/b;;8-6+;;;;. The van der Waals surface area contributed by atoms with E-state index in [1.54, 1.807) is 12.1 Å². The van der Waals surface area contributed by atoms with Gasteiger partial charge in [-0.1, -0.05) is 171 Å². The lowest BCUT2D eigenvalue weighted by Gasteiger charge is -2.38. The van der Waals surface area contributed by atoms with Gasteiger partial charge in [-0.05, 0) is 236 Å². The molecule has 119 heavy (non-hydrogen) atoms. The van der Waals surface area contributed by atoms with E-state index in [0.29, 0.717) is 52.1 Å². The van der Waals surface area contributed by atoms with Crippen LogP contribution in [0.2, 0.25) is 0 Å². The van der Waals surface area contributed by atoms with Crippen LogP contribution in [0.25, 0.3) is 45.3 Å². The van der Waals surface area contributed by atoms with Crippen LogP contribution in [0.1, 0.15) is 151 Å². The van der Waals surface area contributed by atoms with Crippen molar-refractivity contribution in [2.45, 2.75) is 163 Å². The fourth-order valence-electron chi connectivity index (χ4n) is 15.2. The number of ether oxygens (including phenoxy) is 2. The van der Waals surface area contributed by atoms with E-state index in [-0.39, 0.29) is 36.3 Å². The van der Waals surface area contributed by atoms with Gasteiger partial charge >= 0.3 is 18.3 Å². The zero-order valence-corrected chi connectivity index (χ0v) is 68.5. The lowest BCUT2D eigenvalue weighted by Crippen LogP contribution is -2.45. The van der Waals surface area contributed by atoms with Gasteiger partial charge in [0.25, 0.3) is 0 Å². The predicted molar refractivity (Wildman–Crippen MR) is 474 cm³/mol. The highest BCUT2D eigenvalue weighted by molar-refractivity contribution is 6.15. The molecular formula is C94H107N19O6. The Balaban J connectivity index is 0.000000177. The van der Waals surface area contributed by atoms with Crippen LogP contribution in [0, 0.1) is 64.2 Å². The first-order valence-electron chi connectivity index (χ1n) is 40.1. The number of anilines is 8. The monoisotopic (exact) mass is 1600 g/mol. The van der Waals surface area contributed by atoms with Crippen LogP contribution in [-0.2, 0) is 38.4 Å². The SMILES string of the molecule is Cc1cc(C)cc(N)c1.Cc1cc(C)cc(NC(=O)OC2/C=C/CCCCC2)c1.Cc1ccc(CNC(=O)OC2CCCCCC3C(c4ccccc4N)=NN=C(c4ccccc4N)C23)c(C)c1.N#N.Nc1ccccc1-c1nnc(-c2ccccc2N)c2c1CCCCCC2.Nc1ccccc1-c1nnc(-c2ccccc2N)nn1.O=C=O. The van der Waals surface area contributed by atoms with Gasteiger partial charge in [0, 0.05) is 108 Å². The molecule has 1 saturated carbocycles. The van der Waals surface area contributed by atoms with E-state index < -0.39 is 6.09 Å². The number of rotatable bonds is 11. The van der Waals surface area contributed by atoms with E-state index in [1.165, 1.54) is 66.3 Å². The van der Waals surface area contributed by atoms with Crippen molar-refractivity contribution in [2.24, 2.45) is 22.0 Å². The topological polar surface area (TPSA) is 443 Å². The number of amides is 2. The van der Waals surface area contributed by atoms with E-state index in [1.807, 2.05) is 198 Å². The number of allylic oxidation sites excluding steroid dienone is 1. The van der Waals surface area contributed by atoms with Gasteiger partial charge in [-0.15, -0.1) is 30.6 Å². The largest absolute Gasteiger partial charge is 0.446 e. The van der Waals surface area contributed by atoms with Crippen molar-refractivity contribution < 1.29 is 28.7 Å². The number of fused-ring (bicyclic) bond motifs is 2. The summed E-state index contributed by atoms with van der Waals surface area (Å²) in [5, 5.41) is 52.8. The molecule has 9 aromatic carbocycles. The van der Waals surface area contributed by atoms with Crippen LogP contribution in [0.4, 0.5) is 55.1 Å². The van der Waals surface area contributed by atoms with E-state index in [2.05, 4.69) is 85.4 Å². The Morgan fingerprint density at radius 1 is 0.429 bits per heavy atom. The number of carbonyl (C=O) groups is 2. The highest BCUT2D eigenvalue weighted by Crippen LogP contribution is 2.41. The number of carbonyl (C=O) groups excluding carboxylic acids is 4. The molecule has 4 aliphatic rings. The molecule has 3 aliphatic carbocycles. The number of nitrogens with two attached hydrogens (primary N) is 7. The summed E-state index contributed by atoms with van der Waals surface area (Å²) in [5.74, 6) is 0.566. The number of aromatic nitrogens is 6. The van der Waals surface area contributed by atoms with Gasteiger partial charge in [0.2, 0.25) is 11.6 Å². The second-order valence-corrected chi connectivity index (χ2v) is 29.8. The van der Waals surface area contributed by atoms with E-state index in [0.717, 1.165) is 154 Å². The average Bonchev–Trinajstić information content (AvgIpc) is 0.770. The lowest BCUT2D eigenvalue weighted by molar-refractivity contribution is -0.191. The molecule has 2 aromatic heterocycles. The number of para-hydroxylation sites is 6. The van der Waals surface area contributed by atoms with Crippen LogP contribution < -0.4 is 50.8 Å². The molecule has 1 aliphatic heterocycles. The number of hydrogen-bond donors (Lipinski definition) is 9. The minimum absolute atomic E-state index is 0.0146. The summed E-state index contributed by atoms with van der Waals surface area (Å²) in [4.78, 5) is 41.4. The van der Waals surface area contributed by atoms with E-state index in [4.69, 9.17) is 80.2 Å². The molecule has 0 bridgehead atoms. The maximum atomic E-state index is 13.2. The van der Waals surface area contributed by atoms with Crippen molar-refractivity contribution in [3.63, 3.8) is 0 Å². The first-order chi connectivity index (χ1) is 57.7. The number of aryl methyl sites for hydroxylation is 6. The molecule has 0 spiro atoms. The van der Waals surface area contributed by atoms with Gasteiger partial charge in [-0.25, -0.2) is 9.59 Å². The highest BCUT2D eigenvalue weighted by atomic mass is 16.6. The van der Waals surface area contributed by atoms with Crippen molar-refractivity contribution >= 4 is 75.3 Å². The summed E-state index contributed by atoms with van der Waals surface area (Å²) in [5.41, 5.74) is 67.5. The van der Waals surface area contributed by atoms with Gasteiger partial charge in [0.15, 0.2) is 0 Å². The summed E-state index contributed by atoms with van der Waals surface area (Å²) in [6.45, 7) is 12.6. The van der Waals surface area contributed by atoms with Crippen molar-refractivity contribution in [3.05, 3.63) is 274 Å². The number of nitrogen functional groups attached to an aromatic ring is 7. The third-order valence-electron chi connectivity index (χ3n) is 20.7. The fraction of sp³-hybridized carbons (Fsp3) is 0.287. The van der Waals surface area contributed by atoms with Crippen molar-refractivity contribution in [1.29, 1.82) is 10.8 Å². The molecule has 0 radical (unpaired) electrons. The third kappa shape index (κ3) is 25.8. The number of hydrogen-bond acceptors (Lipinski definition) is 23. The van der Waals surface area contributed by atoms with E-state index in [9.17, 15) is 9.59 Å². The number of benzene rings is 9. The summed E-state index contributed by atoms with van der Waals surface area (Å²) < 4.78 is 11.7. The zero-order valence-electron chi connectivity index (χ0n) is 68.5. The maximum Gasteiger partial charge on any atom is 0.412 e. The Morgan fingerprint density at radius 3 is 1.31 bits per heavy atom. The molecule has 25 heteroatoms. The van der Waals surface area contributed by atoms with Crippen molar-refractivity contribution in [3.8, 4) is 45.3 Å². The number of alkyl carbamates (subject to hydrolysis) is 1. The zero-order chi connectivity index (χ0) is 85.2. The van der Waals surface area contributed by atoms with Crippen LogP contribution >= 0.6 is 0 Å². The Labute approximate surface area is 696 Å². The maximum absolute atomic E-state index is 13.2. The Morgan fingerprint density at radius 2 is 0.840 bits per heavy atom. The minimum Gasteiger partial charge on any atom is -0.446 e. The molecule has 16 N–H and O–H groups in total. The molecule has 3 heterocycles. The lowest BCUT2D eigenvalue weighted by atomic mass is 9.71. The Bertz CT molecular complexity index is 5160. The number of nitrogens with zero attached hydrogens (tertiary/aromatic N) is 10.